The molecule has 8 heteroatoms. The first kappa shape index (κ1) is 16.9. The van der Waals surface area contributed by atoms with Gasteiger partial charge in [0, 0.05) is 34.8 Å². The Hall–Kier alpha value is -3.52. The molecule has 0 bridgehead atoms. The largest absolute Gasteiger partial charge is 0.324 e. The fourth-order valence-electron chi connectivity index (χ4n) is 2.63. The molecule has 0 fully saturated rings. The van der Waals surface area contributed by atoms with Gasteiger partial charge in [-0.25, -0.2) is 4.79 Å². The second-order valence-corrected chi connectivity index (χ2v) is 6.50. The van der Waals surface area contributed by atoms with Gasteiger partial charge < -0.3 is 5.32 Å². The highest BCUT2D eigenvalue weighted by Gasteiger charge is 2.08. The number of carbonyl (C=O) groups is 1. The second kappa shape index (κ2) is 7.79. The van der Waals surface area contributed by atoms with Crippen molar-refractivity contribution in [1.29, 1.82) is 0 Å². The van der Waals surface area contributed by atoms with Crippen molar-refractivity contribution in [3.05, 3.63) is 77.3 Å². The van der Waals surface area contributed by atoms with Crippen LogP contribution < -0.4 is 10.6 Å². The van der Waals surface area contributed by atoms with Crippen LogP contribution in [0.1, 0.15) is 11.3 Å². The molecule has 0 saturated carbocycles. The van der Waals surface area contributed by atoms with E-state index in [0.717, 1.165) is 23.4 Å². The summed E-state index contributed by atoms with van der Waals surface area (Å²) in [4.78, 5) is 12.2. The van der Waals surface area contributed by atoms with Gasteiger partial charge in [-0.15, -0.1) is 5.10 Å². The van der Waals surface area contributed by atoms with Gasteiger partial charge >= 0.3 is 6.03 Å². The Balaban J connectivity index is 1.34. The first-order valence-electron chi connectivity index (χ1n) is 8.30. The molecule has 4 aromatic rings. The zero-order valence-corrected chi connectivity index (χ0v) is 15.0. The standard InChI is InChI=1S/C19H16N6OS/c26-19(20-15-8-6-14(7-9-15)17-12-27-25-23-17)21-18-11-16(22-24-18)10-13-4-2-1-3-5-13/h1-9,11-12H,10H2,(H3,20,21,22,24,26). The van der Waals surface area contributed by atoms with Gasteiger partial charge in [0.05, 0.1) is 0 Å². The normalized spacial score (nSPS) is 10.5. The molecule has 0 radical (unpaired) electrons. The third-order valence-corrected chi connectivity index (χ3v) is 4.41. The Bertz CT molecular complexity index is 1010. The molecule has 27 heavy (non-hydrogen) atoms. The van der Waals surface area contributed by atoms with Crippen LogP contribution in [0.5, 0.6) is 0 Å². The average molecular weight is 376 g/mol. The van der Waals surface area contributed by atoms with E-state index < -0.39 is 0 Å². The number of nitrogens with zero attached hydrogens (tertiary/aromatic N) is 3. The van der Waals surface area contributed by atoms with Crippen LogP contribution in [0.25, 0.3) is 11.3 Å². The van der Waals surface area contributed by atoms with Crippen molar-refractivity contribution in [3.63, 3.8) is 0 Å². The molecule has 4 rings (SSSR count). The van der Waals surface area contributed by atoms with Crippen molar-refractivity contribution < 1.29 is 4.79 Å². The third kappa shape index (κ3) is 4.36. The molecule has 134 valence electrons. The Kier molecular flexibility index (Phi) is 4.88. The number of urea groups is 1. The molecular weight excluding hydrogens is 360 g/mol. The minimum absolute atomic E-state index is 0.351. The summed E-state index contributed by atoms with van der Waals surface area (Å²) in [6.07, 6.45) is 0.726. The van der Waals surface area contributed by atoms with E-state index in [1.807, 2.05) is 66.0 Å². The first-order chi connectivity index (χ1) is 13.3. The monoisotopic (exact) mass is 376 g/mol. The van der Waals surface area contributed by atoms with Gasteiger partial charge in [-0.1, -0.05) is 47.0 Å². The number of aromatic amines is 1. The number of rotatable bonds is 5. The topological polar surface area (TPSA) is 95.6 Å². The van der Waals surface area contributed by atoms with Crippen LogP contribution in [0.2, 0.25) is 0 Å². The number of hydrogen-bond donors (Lipinski definition) is 3. The van der Waals surface area contributed by atoms with Crippen LogP contribution in [0.15, 0.2) is 66.0 Å². The molecule has 0 aliphatic heterocycles. The van der Waals surface area contributed by atoms with E-state index in [4.69, 9.17) is 0 Å². The van der Waals surface area contributed by atoms with Crippen LogP contribution >= 0.6 is 11.5 Å². The number of nitrogens with one attached hydrogen (secondary N) is 3. The number of H-pyrrole nitrogens is 1. The van der Waals surface area contributed by atoms with Gasteiger partial charge in [0.1, 0.15) is 5.69 Å². The van der Waals surface area contributed by atoms with Crippen molar-refractivity contribution in [2.75, 3.05) is 10.6 Å². The summed E-state index contributed by atoms with van der Waals surface area (Å²) in [5.74, 6) is 0.476. The van der Waals surface area contributed by atoms with Crippen molar-refractivity contribution in [1.82, 2.24) is 19.8 Å². The van der Waals surface area contributed by atoms with E-state index in [2.05, 4.69) is 30.4 Å². The molecule has 3 N–H and O–H groups in total. The van der Waals surface area contributed by atoms with Crippen LogP contribution in [0, 0.1) is 0 Å². The van der Waals surface area contributed by atoms with Crippen molar-refractivity contribution >= 4 is 29.1 Å². The van der Waals surface area contributed by atoms with Crippen LogP contribution in [-0.4, -0.2) is 25.8 Å². The van der Waals surface area contributed by atoms with Crippen molar-refractivity contribution in [2.45, 2.75) is 6.42 Å². The van der Waals surface area contributed by atoms with Gasteiger partial charge in [-0.3, -0.25) is 10.4 Å². The molecule has 0 spiro atoms. The van der Waals surface area contributed by atoms with Gasteiger partial charge in [0.15, 0.2) is 5.82 Å². The smallest absolute Gasteiger partial charge is 0.308 e. The maximum atomic E-state index is 12.2. The van der Waals surface area contributed by atoms with Gasteiger partial charge in [-0.2, -0.15) is 5.10 Å². The van der Waals surface area contributed by atoms with E-state index >= 15 is 0 Å². The zero-order chi connectivity index (χ0) is 18.5. The van der Waals surface area contributed by atoms with Crippen LogP contribution in [-0.2, 0) is 6.42 Å². The molecule has 0 unspecified atom stereocenters. The Morgan fingerprint density at radius 3 is 2.59 bits per heavy atom. The lowest BCUT2D eigenvalue weighted by Gasteiger charge is -2.06. The highest BCUT2D eigenvalue weighted by atomic mass is 32.1. The average Bonchev–Trinajstić information content (AvgIpc) is 3.36. The lowest BCUT2D eigenvalue weighted by Crippen LogP contribution is -2.19. The van der Waals surface area contributed by atoms with E-state index in [1.54, 1.807) is 0 Å². The summed E-state index contributed by atoms with van der Waals surface area (Å²) >= 11 is 1.30. The maximum absolute atomic E-state index is 12.2. The predicted molar refractivity (Wildman–Crippen MR) is 106 cm³/mol. The number of anilines is 2. The summed E-state index contributed by atoms with van der Waals surface area (Å²) in [7, 11) is 0. The summed E-state index contributed by atoms with van der Waals surface area (Å²) in [6, 6.07) is 19.0. The first-order valence-corrected chi connectivity index (χ1v) is 9.13. The predicted octanol–water partition coefficient (Wildman–Crippen LogP) is 4.16. The molecule has 2 amide bonds. The maximum Gasteiger partial charge on any atom is 0.324 e. The van der Waals surface area contributed by atoms with Crippen molar-refractivity contribution in [3.8, 4) is 11.3 Å². The molecule has 0 atom stereocenters. The van der Waals surface area contributed by atoms with E-state index in [9.17, 15) is 4.79 Å². The van der Waals surface area contributed by atoms with E-state index in [0.29, 0.717) is 11.5 Å². The molecule has 0 aliphatic carbocycles. The van der Waals surface area contributed by atoms with Gasteiger partial charge in [0.25, 0.3) is 0 Å². The fraction of sp³-hybridized carbons (Fsp3) is 0.0526. The molecular formula is C19H16N6OS. The Morgan fingerprint density at radius 2 is 1.85 bits per heavy atom. The number of aromatic nitrogens is 4. The highest BCUT2D eigenvalue weighted by molar-refractivity contribution is 7.03. The minimum atomic E-state index is -0.351. The SMILES string of the molecule is O=C(Nc1ccc(-c2csnn2)cc1)Nc1cc(Cc2ccccc2)[nH]n1. The summed E-state index contributed by atoms with van der Waals surface area (Å²) < 4.78 is 3.85. The molecule has 2 heterocycles. The summed E-state index contributed by atoms with van der Waals surface area (Å²) in [5, 5.41) is 18.5. The van der Waals surface area contributed by atoms with Gasteiger partial charge in [-0.05, 0) is 29.2 Å². The fourth-order valence-corrected chi connectivity index (χ4v) is 3.09. The Morgan fingerprint density at radius 1 is 1.04 bits per heavy atom. The summed E-state index contributed by atoms with van der Waals surface area (Å²) in [6.45, 7) is 0. The van der Waals surface area contributed by atoms with Crippen LogP contribution in [0.4, 0.5) is 16.3 Å². The minimum Gasteiger partial charge on any atom is -0.308 e. The lowest BCUT2D eigenvalue weighted by molar-refractivity contribution is 0.262. The van der Waals surface area contributed by atoms with E-state index in [1.165, 1.54) is 17.1 Å². The quantitative estimate of drug-likeness (QED) is 0.487. The molecule has 2 aromatic carbocycles. The summed E-state index contributed by atoms with van der Waals surface area (Å²) in [5.41, 5.74) is 4.55. The zero-order valence-electron chi connectivity index (χ0n) is 14.2. The molecule has 0 aliphatic rings. The number of benzene rings is 2. The molecule has 2 aromatic heterocycles. The number of hydrogen-bond acceptors (Lipinski definition) is 5. The van der Waals surface area contributed by atoms with Crippen LogP contribution in [0.3, 0.4) is 0 Å². The molecule has 0 saturated heterocycles. The van der Waals surface area contributed by atoms with Crippen molar-refractivity contribution in [2.24, 2.45) is 0 Å². The molecule has 7 nitrogen and oxygen atoms in total. The third-order valence-electron chi connectivity index (χ3n) is 3.91. The highest BCUT2D eigenvalue weighted by Crippen LogP contribution is 2.20. The Labute approximate surface area is 159 Å². The van der Waals surface area contributed by atoms with E-state index in [-0.39, 0.29) is 6.03 Å². The second-order valence-electron chi connectivity index (χ2n) is 5.89. The van der Waals surface area contributed by atoms with Gasteiger partial charge in [0.2, 0.25) is 0 Å². The lowest BCUT2D eigenvalue weighted by atomic mass is 10.1. The number of amides is 2. The number of carbonyl (C=O) groups excluding carboxylic acids is 1.